The molecule has 18 heavy (non-hydrogen) atoms. The van der Waals surface area contributed by atoms with Crippen molar-refractivity contribution in [2.45, 2.75) is 44.9 Å². The summed E-state index contributed by atoms with van der Waals surface area (Å²) >= 11 is 0. The van der Waals surface area contributed by atoms with Gasteiger partial charge in [-0.25, -0.2) is 8.42 Å². The first-order valence-corrected chi connectivity index (χ1v) is 7.71. The molecule has 0 heterocycles. The van der Waals surface area contributed by atoms with Gasteiger partial charge in [-0.2, -0.15) is 0 Å². The second kappa shape index (κ2) is 14.2. The standard InChI is InChI=1S/C11H23FO4S.Na/c12-8-5-3-1-2-4-6-9-16-10-7-11-17(13,14)15;/h1-11H2,(H,13,14,15);/q;+1/p-1. The van der Waals surface area contributed by atoms with E-state index in [0.717, 1.165) is 32.1 Å². The van der Waals surface area contributed by atoms with Crippen LogP contribution < -0.4 is 29.6 Å². The van der Waals surface area contributed by atoms with E-state index < -0.39 is 10.1 Å². The molecule has 0 saturated carbocycles. The van der Waals surface area contributed by atoms with Crippen LogP contribution in [0.25, 0.3) is 0 Å². The molecule has 0 bridgehead atoms. The molecule has 0 atom stereocenters. The molecule has 104 valence electrons. The molecule has 0 saturated heterocycles. The number of rotatable bonds is 12. The largest absolute Gasteiger partial charge is 1.00 e. The zero-order valence-electron chi connectivity index (χ0n) is 11.2. The minimum absolute atomic E-state index is 0. The summed E-state index contributed by atoms with van der Waals surface area (Å²) in [5.74, 6) is -0.351. The molecule has 0 aliphatic carbocycles. The molecular formula is C11H22FNaO4S. The molecule has 0 aromatic rings. The Labute approximate surface area is 132 Å². The second-order valence-corrected chi connectivity index (χ2v) is 5.56. The third-order valence-corrected chi connectivity index (χ3v) is 3.14. The molecule has 0 aliphatic heterocycles. The molecule has 0 N–H and O–H groups in total. The Kier molecular flexibility index (Phi) is 16.7. The molecular weight excluding hydrogens is 270 g/mol. The third-order valence-electron chi connectivity index (χ3n) is 2.36. The Morgan fingerprint density at radius 2 is 1.39 bits per heavy atom. The summed E-state index contributed by atoms with van der Waals surface area (Å²) in [5.41, 5.74) is 0. The van der Waals surface area contributed by atoms with Crippen molar-refractivity contribution in [2.75, 3.05) is 25.6 Å². The number of ether oxygens (including phenoxy) is 1. The van der Waals surface area contributed by atoms with Crippen LogP contribution in [-0.2, 0) is 14.9 Å². The Bertz CT molecular complexity index is 260. The van der Waals surface area contributed by atoms with Gasteiger partial charge in [-0.05, 0) is 19.3 Å². The zero-order chi connectivity index (χ0) is 13.0. The smallest absolute Gasteiger partial charge is 0.748 e. The Hall–Kier alpha value is 0.800. The van der Waals surface area contributed by atoms with Gasteiger partial charge in [0.25, 0.3) is 0 Å². The van der Waals surface area contributed by atoms with Crippen LogP contribution in [-0.4, -0.2) is 38.6 Å². The van der Waals surface area contributed by atoms with Crippen molar-refractivity contribution in [3.8, 4) is 0 Å². The van der Waals surface area contributed by atoms with Gasteiger partial charge in [0.2, 0.25) is 0 Å². The van der Waals surface area contributed by atoms with E-state index in [-0.39, 0.29) is 48.4 Å². The molecule has 0 spiro atoms. The van der Waals surface area contributed by atoms with Crippen molar-refractivity contribution in [2.24, 2.45) is 0 Å². The summed E-state index contributed by atoms with van der Waals surface area (Å²) in [6.45, 7) is 0.692. The molecule has 0 aromatic carbocycles. The van der Waals surface area contributed by atoms with Gasteiger partial charge in [-0.3, -0.25) is 4.39 Å². The van der Waals surface area contributed by atoms with E-state index in [2.05, 4.69) is 0 Å². The van der Waals surface area contributed by atoms with Crippen LogP contribution >= 0.6 is 0 Å². The molecule has 0 unspecified atom stereocenters. The third kappa shape index (κ3) is 19.1. The first-order chi connectivity index (χ1) is 8.06. The molecule has 0 aromatic heterocycles. The van der Waals surface area contributed by atoms with E-state index in [9.17, 15) is 17.4 Å². The first kappa shape index (κ1) is 21.1. The molecule has 0 rings (SSSR count). The van der Waals surface area contributed by atoms with Gasteiger partial charge in [0.1, 0.15) is 0 Å². The number of halogens is 1. The first-order valence-electron chi connectivity index (χ1n) is 6.13. The van der Waals surface area contributed by atoms with Crippen LogP contribution in [0.15, 0.2) is 0 Å². The topological polar surface area (TPSA) is 66.4 Å². The minimum atomic E-state index is -4.09. The van der Waals surface area contributed by atoms with E-state index in [1.807, 2.05) is 0 Å². The van der Waals surface area contributed by atoms with Crippen LogP contribution in [0.5, 0.6) is 0 Å². The fraction of sp³-hybridized carbons (Fsp3) is 1.00. The summed E-state index contributed by atoms with van der Waals surface area (Å²) in [5, 5.41) is 0. The Morgan fingerprint density at radius 3 is 1.94 bits per heavy atom. The number of alkyl halides is 1. The molecule has 0 fully saturated rings. The van der Waals surface area contributed by atoms with Crippen LogP contribution in [0, 0.1) is 0 Å². The maximum absolute atomic E-state index is 11.7. The molecule has 4 nitrogen and oxygen atoms in total. The van der Waals surface area contributed by atoms with E-state index >= 15 is 0 Å². The zero-order valence-corrected chi connectivity index (χ0v) is 14.0. The van der Waals surface area contributed by atoms with Crippen LogP contribution in [0.1, 0.15) is 44.9 Å². The summed E-state index contributed by atoms with van der Waals surface area (Å²) < 4.78 is 47.7. The van der Waals surface area contributed by atoms with Crippen molar-refractivity contribution in [3.63, 3.8) is 0 Å². The van der Waals surface area contributed by atoms with Gasteiger partial charge < -0.3 is 9.29 Å². The van der Waals surface area contributed by atoms with Gasteiger partial charge in [0, 0.05) is 19.0 Å². The van der Waals surface area contributed by atoms with Gasteiger partial charge in [0.15, 0.2) is 0 Å². The minimum Gasteiger partial charge on any atom is -0.748 e. The SMILES string of the molecule is O=S(=O)([O-])CCCOCCCCCCCCF.[Na+]. The van der Waals surface area contributed by atoms with Gasteiger partial charge in [-0.15, -0.1) is 0 Å². The Morgan fingerprint density at radius 1 is 0.889 bits per heavy atom. The maximum atomic E-state index is 11.7. The molecule has 0 amide bonds. The molecule has 0 aliphatic rings. The van der Waals surface area contributed by atoms with Gasteiger partial charge >= 0.3 is 29.6 Å². The fourth-order valence-corrected chi connectivity index (χ4v) is 1.92. The van der Waals surface area contributed by atoms with Crippen molar-refractivity contribution in [1.82, 2.24) is 0 Å². The summed E-state index contributed by atoms with van der Waals surface area (Å²) in [4.78, 5) is 0. The number of hydrogen-bond acceptors (Lipinski definition) is 4. The molecule has 0 radical (unpaired) electrons. The van der Waals surface area contributed by atoms with Crippen molar-refractivity contribution >= 4 is 10.1 Å². The van der Waals surface area contributed by atoms with E-state index in [0.29, 0.717) is 19.6 Å². The van der Waals surface area contributed by atoms with E-state index in [1.54, 1.807) is 0 Å². The predicted molar refractivity (Wildman–Crippen MR) is 63.7 cm³/mol. The van der Waals surface area contributed by atoms with Crippen LogP contribution in [0.2, 0.25) is 0 Å². The molecule has 7 heteroatoms. The average molecular weight is 292 g/mol. The summed E-state index contributed by atoms with van der Waals surface area (Å²) in [6, 6.07) is 0. The van der Waals surface area contributed by atoms with Crippen molar-refractivity contribution < 1.29 is 51.7 Å². The second-order valence-electron chi connectivity index (χ2n) is 4.04. The van der Waals surface area contributed by atoms with Crippen molar-refractivity contribution in [3.05, 3.63) is 0 Å². The van der Waals surface area contributed by atoms with Crippen LogP contribution in [0.3, 0.4) is 0 Å². The van der Waals surface area contributed by atoms with Crippen molar-refractivity contribution in [1.29, 1.82) is 0 Å². The maximum Gasteiger partial charge on any atom is 1.00 e. The van der Waals surface area contributed by atoms with E-state index in [4.69, 9.17) is 4.74 Å². The predicted octanol–water partition coefficient (Wildman–Crippen LogP) is -0.748. The number of hydrogen-bond donors (Lipinski definition) is 0. The van der Waals surface area contributed by atoms with E-state index in [1.165, 1.54) is 0 Å². The summed E-state index contributed by atoms with van der Waals surface area (Å²) in [7, 11) is -4.09. The van der Waals surface area contributed by atoms with Gasteiger partial charge in [-0.1, -0.05) is 25.7 Å². The van der Waals surface area contributed by atoms with Gasteiger partial charge in [0.05, 0.1) is 16.8 Å². The van der Waals surface area contributed by atoms with Crippen LogP contribution in [0.4, 0.5) is 4.39 Å². The fourth-order valence-electron chi connectivity index (χ4n) is 1.45. The quantitative estimate of drug-likeness (QED) is 0.270. The monoisotopic (exact) mass is 292 g/mol. The Balaban J connectivity index is 0. The average Bonchev–Trinajstić information content (AvgIpc) is 2.24. The number of unbranched alkanes of at least 4 members (excludes halogenated alkanes) is 5. The normalized spacial score (nSPS) is 11.2. The summed E-state index contributed by atoms with van der Waals surface area (Å²) in [6.07, 6.45) is 5.98.